The van der Waals surface area contributed by atoms with E-state index in [0.717, 1.165) is 30.8 Å². The van der Waals surface area contributed by atoms with Gasteiger partial charge in [0.2, 0.25) is 0 Å². The summed E-state index contributed by atoms with van der Waals surface area (Å²) in [4.78, 5) is 21.9. The van der Waals surface area contributed by atoms with Gasteiger partial charge in [-0.15, -0.1) is 0 Å². The molecule has 2 heterocycles. The molecule has 1 aromatic rings. The van der Waals surface area contributed by atoms with Crippen molar-refractivity contribution in [3.05, 3.63) is 23.9 Å². The standard InChI is InChI=1S/C21H35N3O2/c1-8-16(4)24(20(25)26-21(5,6)7)19-17(11-9-13-22-19)18-12-10-14-23(18)15(2)3/h9,11,13,15-16,18H,8,10,12,14H2,1-7H3. The number of carbonyl (C=O) groups excluding carboxylic acids is 1. The number of hydrogen-bond donors (Lipinski definition) is 0. The maximum atomic E-state index is 13.0. The lowest BCUT2D eigenvalue weighted by Gasteiger charge is -2.35. The minimum absolute atomic E-state index is 0.0207. The predicted molar refractivity (Wildman–Crippen MR) is 107 cm³/mol. The zero-order chi connectivity index (χ0) is 19.5. The minimum atomic E-state index is -0.533. The quantitative estimate of drug-likeness (QED) is 0.726. The van der Waals surface area contributed by atoms with Crippen molar-refractivity contribution < 1.29 is 9.53 Å². The fourth-order valence-corrected chi connectivity index (χ4v) is 3.58. The van der Waals surface area contributed by atoms with Crippen molar-refractivity contribution >= 4 is 11.9 Å². The highest BCUT2D eigenvalue weighted by molar-refractivity contribution is 5.88. The lowest BCUT2D eigenvalue weighted by atomic mass is 10.0. The van der Waals surface area contributed by atoms with Crippen LogP contribution in [0.3, 0.4) is 0 Å². The van der Waals surface area contributed by atoms with Crippen LogP contribution in [0.2, 0.25) is 0 Å². The van der Waals surface area contributed by atoms with Gasteiger partial charge >= 0.3 is 6.09 Å². The summed E-state index contributed by atoms with van der Waals surface area (Å²) in [5, 5.41) is 0. The van der Waals surface area contributed by atoms with Crippen LogP contribution in [0.1, 0.15) is 79.3 Å². The molecule has 0 spiro atoms. The van der Waals surface area contributed by atoms with E-state index in [-0.39, 0.29) is 12.1 Å². The van der Waals surface area contributed by atoms with Gasteiger partial charge in [0, 0.05) is 29.9 Å². The van der Waals surface area contributed by atoms with Gasteiger partial charge in [-0.25, -0.2) is 9.78 Å². The lowest BCUT2D eigenvalue weighted by molar-refractivity contribution is 0.0565. The number of carbonyl (C=O) groups is 1. The van der Waals surface area contributed by atoms with Gasteiger partial charge in [-0.05, 0) is 73.4 Å². The molecule has 2 atom stereocenters. The molecule has 1 aliphatic heterocycles. The summed E-state index contributed by atoms with van der Waals surface area (Å²) >= 11 is 0. The Morgan fingerprint density at radius 1 is 1.38 bits per heavy atom. The molecule has 0 N–H and O–H groups in total. The van der Waals surface area contributed by atoms with Gasteiger partial charge in [0.15, 0.2) is 0 Å². The van der Waals surface area contributed by atoms with Crippen LogP contribution in [-0.2, 0) is 4.74 Å². The van der Waals surface area contributed by atoms with Gasteiger partial charge in [-0.1, -0.05) is 13.0 Å². The second-order valence-corrected chi connectivity index (χ2v) is 8.51. The highest BCUT2D eigenvalue weighted by Crippen LogP contribution is 2.38. The number of likely N-dealkylation sites (tertiary alicyclic amines) is 1. The van der Waals surface area contributed by atoms with Gasteiger partial charge in [0.1, 0.15) is 11.4 Å². The molecule has 5 heteroatoms. The molecule has 5 nitrogen and oxygen atoms in total. The Morgan fingerprint density at radius 2 is 2.08 bits per heavy atom. The van der Waals surface area contributed by atoms with E-state index >= 15 is 0 Å². The molecular weight excluding hydrogens is 326 g/mol. The summed E-state index contributed by atoms with van der Waals surface area (Å²) in [5.74, 6) is 0.744. The van der Waals surface area contributed by atoms with Crippen molar-refractivity contribution in [1.82, 2.24) is 9.88 Å². The Bertz CT molecular complexity index is 610. The molecule has 1 amide bonds. The van der Waals surface area contributed by atoms with E-state index in [4.69, 9.17) is 4.74 Å². The molecule has 0 aliphatic carbocycles. The Morgan fingerprint density at radius 3 is 2.65 bits per heavy atom. The average molecular weight is 362 g/mol. The molecule has 1 fully saturated rings. The summed E-state index contributed by atoms with van der Waals surface area (Å²) in [5.41, 5.74) is 0.597. The van der Waals surface area contributed by atoms with Crippen molar-refractivity contribution in [3.8, 4) is 0 Å². The van der Waals surface area contributed by atoms with E-state index in [1.807, 2.05) is 26.8 Å². The maximum absolute atomic E-state index is 13.0. The Kier molecular flexibility index (Phi) is 6.67. The molecule has 0 bridgehead atoms. The van der Waals surface area contributed by atoms with Crippen LogP contribution in [0, 0.1) is 0 Å². The summed E-state index contributed by atoms with van der Waals surface area (Å²) < 4.78 is 5.70. The van der Waals surface area contributed by atoms with E-state index < -0.39 is 5.60 Å². The Balaban J connectivity index is 2.44. The van der Waals surface area contributed by atoms with Gasteiger partial charge < -0.3 is 4.74 Å². The molecule has 1 aliphatic rings. The van der Waals surface area contributed by atoms with Gasteiger partial charge in [0.25, 0.3) is 0 Å². The molecule has 0 radical (unpaired) electrons. The highest BCUT2D eigenvalue weighted by Gasteiger charge is 2.34. The predicted octanol–water partition coefficient (Wildman–Crippen LogP) is 5.17. The van der Waals surface area contributed by atoms with Crippen LogP contribution in [0.25, 0.3) is 0 Å². The maximum Gasteiger partial charge on any atom is 0.416 e. The first-order valence-corrected chi connectivity index (χ1v) is 9.88. The van der Waals surface area contributed by atoms with Crippen LogP contribution in [0.15, 0.2) is 18.3 Å². The van der Waals surface area contributed by atoms with Crippen molar-refractivity contribution in [2.45, 2.75) is 91.5 Å². The fraction of sp³-hybridized carbons (Fsp3) is 0.714. The summed E-state index contributed by atoms with van der Waals surface area (Å²) in [6.07, 6.45) is 4.56. The van der Waals surface area contributed by atoms with Crippen molar-refractivity contribution in [2.75, 3.05) is 11.4 Å². The Hall–Kier alpha value is -1.62. The van der Waals surface area contributed by atoms with E-state index in [2.05, 4.69) is 43.6 Å². The van der Waals surface area contributed by atoms with Crippen molar-refractivity contribution in [1.29, 1.82) is 0 Å². The van der Waals surface area contributed by atoms with E-state index in [1.54, 1.807) is 11.1 Å². The molecule has 1 saturated heterocycles. The lowest BCUT2D eigenvalue weighted by Crippen LogP contribution is -2.43. The zero-order valence-corrected chi connectivity index (χ0v) is 17.5. The minimum Gasteiger partial charge on any atom is -0.443 e. The molecule has 26 heavy (non-hydrogen) atoms. The second kappa shape index (κ2) is 8.38. The third kappa shape index (κ3) is 4.76. The fourth-order valence-electron chi connectivity index (χ4n) is 3.58. The Labute approximate surface area is 158 Å². The summed E-state index contributed by atoms with van der Waals surface area (Å²) in [6, 6.07) is 4.88. The molecule has 146 valence electrons. The van der Waals surface area contributed by atoms with Crippen LogP contribution < -0.4 is 4.90 Å². The molecule has 2 unspecified atom stereocenters. The smallest absolute Gasteiger partial charge is 0.416 e. The first-order valence-electron chi connectivity index (χ1n) is 9.88. The number of rotatable bonds is 5. The molecule has 0 saturated carbocycles. The monoisotopic (exact) mass is 361 g/mol. The third-order valence-corrected chi connectivity index (χ3v) is 4.98. The van der Waals surface area contributed by atoms with E-state index in [0.29, 0.717) is 12.1 Å². The van der Waals surface area contributed by atoms with Gasteiger partial charge in [0.05, 0.1) is 0 Å². The SMILES string of the molecule is CCC(C)N(C(=O)OC(C)(C)C)c1ncccc1C1CCCN1C(C)C. The van der Waals surface area contributed by atoms with Crippen molar-refractivity contribution in [3.63, 3.8) is 0 Å². The number of hydrogen-bond acceptors (Lipinski definition) is 4. The second-order valence-electron chi connectivity index (χ2n) is 8.51. The number of pyridine rings is 1. The number of nitrogens with zero attached hydrogens (tertiary/aromatic N) is 3. The van der Waals surface area contributed by atoms with E-state index in [1.165, 1.54) is 6.42 Å². The largest absolute Gasteiger partial charge is 0.443 e. The normalized spacial score (nSPS) is 19.6. The average Bonchev–Trinajstić information content (AvgIpc) is 3.03. The number of anilines is 1. The highest BCUT2D eigenvalue weighted by atomic mass is 16.6. The molecule has 1 aromatic heterocycles. The van der Waals surface area contributed by atoms with Crippen LogP contribution in [0.4, 0.5) is 10.6 Å². The molecule has 2 rings (SSSR count). The van der Waals surface area contributed by atoms with Crippen LogP contribution in [0.5, 0.6) is 0 Å². The van der Waals surface area contributed by atoms with Crippen LogP contribution >= 0.6 is 0 Å². The zero-order valence-electron chi connectivity index (χ0n) is 17.5. The third-order valence-electron chi connectivity index (χ3n) is 4.98. The number of ether oxygens (including phenoxy) is 1. The summed E-state index contributed by atoms with van der Waals surface area (Å²) in [6.45, 7) is 15.4. The first-order chi connectivity index (χ1) is 12.2. The van der Waals surface area contributed by atoms with Crippen molar-refractivity contribution in [2.24, 2.45) is 0 Å². The molecule has 0 aromatic carbocycles. The van der Waals surface area contributed by atoms with Crippen LogP contribution in [-0.4, -0.2) is 40.2 Å². The van der Waals surface area contributed by atoms with Gasteiger partial charge in [-0.2, -0.15) is 0 Å². The number of amides is 1. The molecular formula is C21H35N3O2. The topological polar surface area (TPSA) is 45.7 Å². The first kappa shape index (κ1) is 20.7. The van der Waals surface area contributed by atoms with E-state index in [9.17, 15) is 4.79 Å². The van der Waals surface area contributed by atoms with Gasteiger partial charge in [-0.3, -0.25) is 9.80 Å². The summed E-state index contributed by atoms with van der Waals surface area (Å²) in [7, 11) is 0. The number of aromatic nitrogens is 1.